The maximum Gasteiger partial charge on any atom is 0.252 e. The third-order valence-electron chi connectivity index (χ3n) is 5.34. The van der Waals surface area contributed by atoms with Crippen LogP contribution in [0.4, 0.5) is 0 Å². The Morgan fingerprint density at radius 1 is 0.780 bits per heavy atom. The lowest BCUT2D eigenvalue weighted by atomic mass is 10.2. The number of amides is 2. The molecule has 1 aromatic rings. The zero-order valence-electron chi connectivity index (χ0n) is 24.2. The molecule has 0 fully saturated rings. The Labute approximate surface area is 254 Å². The van der Waals surface area contributed by atoms with Crippen LogP contribution >= 0.6 is 21.6 Å². The van der Waals surface area contributed by atoms with Gasteiger partial charge in [-0.05, 0) is 57.1 Å². The van der Waals surface area contributed by atoms with Crippen LogP contribution < -0.4 is 10.6 Å². The molecule has 0 spiro atoms. The van der Waals surface area contributed by atoms with Gasteiger partial charge in [0.15, 0.2) is 0 Å². The molecule has 41 heavy (non-hydrogen) atoms. The maximum atomic E-state index is 12.0. The molecule has 1 heterocycles. The van der Waals surface area contributed by atoms with Gasteiger partial charge in [-0.2, -0.15) is 5.26 Å². The number of carbonyl (C=O) groups is 2. The zero-order chi connectivity index (χ0) is 29.6. The molecule has 220 valence electrons. The Morgan fingerprint density at radius 3 is 1.78 bits per heavy atom. The first-order valence-corrected chi connectivity index (χ1v) is 16.7. The van der Waals surface area contributed by atoms with Crippen molar-refractivity contribution in [3.8, 4) is 6.07 Å². The summed E-state index contributed by atoms with van der Waals surface area (Å²) in [4.78, 5) is 27.9. The average molecular weight is 593 g/mol. The van der Waals surface area contributed by atoms with E-state index in [0.717, 1.165) is 56.5 Å². The van der Waals surface area contributed by atoms with E-state index in [4.69, 9.17) is 5.26 Å². The maximum absolute atomic E-state index is 12.0. The van der Waals surface area contributed by atoms with Gasteiger partial charge < -0.3 is 10.6 Å². The highest BCUT2D eigenvalue weighted by molar-refractivity contribution is 8.76. The first-order valence-electron chi connectivity index (χ1n) is 14.2. The van der Waals surface area contributed by atoms with Crippen molar-refractivity contribution in [2.45, 2.75) is 58.3 Å². The van der Waals surface area contributed by atoms with Crippen LogP contribution in [0.3, 0.4) is 0 Å². The van der Waals surface area contributed by atoms with Crippen LogP contribution in [0.15, 0.2) is 91.2 Å². The SMILES string of the molecule is CC/C=C\C/C=C\C/C=C\C/C=C\C/C=C\C/C=C\CCC(=O)NCCSSCCNC(=O)c1ccc(C#N)nc1. The quantitative estimate of drug-likeness (QED) is 0.0815. The highest BCUT2D eigenvalue weighted by Crippen LogP contribution is 2.19. The lowest BCUT2D eigenvalue weighted by Gasteiger charge is -2.06. The lowest BCUT2D eigenvalue weighted by molar-refractivity contribution is -0.120. The molecule has 8 heteroatoms. The Hall–Kier alpha value is -3.28. The second-order valence-electron chi connectivity index (χ2n) is 8.75. The van der Waals surface area contributed by atoms with Crippen molar-refractivity contribution in [2.24, 2.45) is 0 Å². The van der Waals surface area contributed by atoms with Gasteiger partial charge in [-0.3, -0.25) is 9.59 Å². The molecule has 0 saturated carbocycles. The normalized spacial score (nSPS) is 12.0. The molecule has 0 saturated heterocycles. The minimum atomic E-state index is -0.202. The van der Waals surface area contributed by atoms with Gasteiger partial charge in [-0.1, -0.05) is 101 Å². The van der Waals surface area contributed by atoms with E-state index in [1.807, 2.05) is 6.07 Å². The fraction of sp³-hybridized carbons (Fsp3) is 0.394. The highest BCUT2D eigenvalue weighted by Gasteiger charge is 2.05. The monoisotopic (exact) mass is 592 g/mol. The van der Waals surface area contributed by atoms with Crippen molar-refractivity contribution >= 4 is 33.4 Å². The van der Waals surface area contributed by atoms with Gasteiger partial charge in [0.1, 0.15) is 11.8 Å². The van der Waals surface area contributed by atoms with Crippen LogP contribution in [0.2, 0.25) is 0 Å². The number of hydrogen-bond donors (Lipinski definition) is 2. The molecule has 6 nitrogen and oxygen atoms in total. The molecule has 0 unspecified atom stereocenters. The molecule has 2 N–H and O–H groups in total. The summed E-state index contributed by atoms with van der Waals surface area (Å²) in [5, 5.41) is 14.5. The van der Waals surface area contributed by atoms with E-state index in [0.29, 0.717) is 25.1 Å². The number of pyridine rings is 1. The topological polar surface area (TPSA) is 94.9 Å². The van der Waals surface area contributed by atoms with Crippen LogP contribution in [0, 0.1) is 11.3 Å². The lowest BCUT2D eigenvalue weighted by Crippen LogP contribution is -2.26. The standard InChI is InChI=1S/C33H44N4O2S2/c1-2-3-4-5-6-7-8-9-10-11-12-13-14-15-16-17-18-19-20-21-32(38)35-24-26-40-41-27-25-36-33(39)30-22-23-31(28-34)37-29-30/h3-4,6-7,9-10,12-13,15-16,18-19,22-23,29H,2,5,8,11,14,17,20-21,24-27H2,1H3,(H,35,38)(H,36,39)/b4-3-,7-6-,10-9-,13-12-,16-15-,19-18-. The molecule has 0 aliphatic carbocycles. The molecule has 1 aromatic heterocycles. The number of hydrogen-bond acceptors (Lipinski definition) is 6. The largest absolute Gasteiger partial charge is 0.355 e. The number of allylic oxidation sites excluding steroid dienone is 12. The first kappa shape index (κ1) is 35.7. The smallest absolute Gasteiger partial charge is 0.252 e. The number of nitriles is 1. The summed E-state index contributed by atoms with van der Waals surface area (Å²) in [5.74, 6) is 1.44. The van der Waals surface area contributed by atoms with Crippen molar-refractivity contribution in [1.29, 1.82) is 5.26 Å². The fourth-order valence-corrected chi connectivity index (χ4v) is 5.01. The van der Waals surface area contributed by atoms with E-state index < -0.39 is 0 Å². The van der Waals surface area contributed by atoms with Gasteiger partial charge >= 0.3 is 0 Å². The molecular formula is C33H44N4O2S2. The van der Waals surface area contributed by atoms with Gasteiger partial charge in [-0.25, -0.2) is 4.98 Å². The molecule has 1 rings (SSSR count). The number of nitrogens with one attached hydrogen (secondary N) is 2. The van der Waals surface area contributed by atoms with Crippen molar-refractivity contribution in [2.75, 3.05) is 24.6 Å². The summed E-state index contributed by atoms with van der Waals surface area (Å²) in [6, 6.07) is 5.04. The Balaban J connectivity index is 1.92. The molecule has 0 aromatic carbocycles. The van der Waals surface area contributed by atoms with Gasteiger partial charge in [0.25, 0.3) is 5.91 Å². The van der Waals surface area contributed by atoms with Crippen LogP contribution in [0.5, 0.6) is 0 Å². The van der Waals surface area contributed by atoms with E-state index >= 15 is 0 Å². The molecule has 0 aliphatic rings. The minimum absolute atomic E-state index is 0.0680. The summed E-state index contributed by atoms with van der Waals surface area (Å²) in [5.41, 5.74) is 0.725. The van der Waals surface area contributed by atoms with Crippen LogP contribution in [-0.4, -0.2) is 41.4 Å². The zero-order valence-corrected chi connectivity index (χ0v) is 25.8. The van der Waals surface area contributed by atoms with E-state index in [-0.39, 0.29) is 17.5 Å². The predicted molar refractivity (Wildman–Crippen MR) is 177 cm³/mol. The molecule has 0 aliphatic heterocycles. The summed E-state index contributed by atoms with van der Waals surface area (Å²) in [6.45, 7) is 3.31. The second kappa shape index (κ2) is 26.9. The van der Waals surface area contributed by atoms with E-state index in [2.05, 4.69) is 95.5 Å². The summed E-state index contributed by atoms with van der Waals surface area (Å²) in [7, 11) is 3.32. The van der Waals surface area contributed by atoms with E-state index in [1.54, 1.807) is 27.7 Å². The van der Waals surface area contributed by atoms with Crippen LogP contribution in [-0.2, 0) is 4.79 Å². The number of nitrogens with zero attached hydrogens (tertiary/aromatic N) is 2. The third kappa shape index (κ3) is 22.1. The molecular weight excluding hydrogens is 549 g/mol. The van der Waals surface area contributed by atoms with Crippen LogP contribution in [0.25, 0.3) is 0 Å². The highest BCUT2D eigenvalue weighted by atomic mass is 33.1. The van der Waals surface area contributed by atoms with Crippen molar-refractivity contribution in [1.82, 2.24) is 15.6 Å². The van der Waals surface area contributed by atoms with Crippen molar-refractivity contribution in [3.05, 3.63) is 102 Å². The molecule has 0 bridgehead atoms. The van der Waals surface area contributed by atoms with E-state index in [9.17, 15) is 9.59 Å². The van der Waals surface area contributed by atoms with Gasteiger partial charge in [-0.15, -0.1) is 0 Å². The Bertz CT molecular complexity index is 1070. The number of rotatable bonds is 22. The average Bonchev–Trinajstić information content (AvgIpc) is 2.99. The number of carbonyl (C=O) groups excluding carboxylic acids is 2. The van der Waals surface area contributed by atoms with Crippen molar-refractivity contribution < 1.29 is 9.59 Å². The summed E-state index contributed by atoms with van der Waals surface area (Å²) < 4.78 is 0. The Kier molecular flexibility index (Phi) is 23.5. The van der Waals surface area contributed by atoms with Gasteiger partial charge in [0, 0.05) is 37.2 Å². The van der Waals surface area contributed by atoms with Crippen LogP contribution in [0.1, 0.15) is 74.3 Å². The van der Waals surface area contributed by atoms with E-state index in [1.165, 1.54) is 12.3 Å². The second-order valence-corrected chi connectivity index (χ2v) is 11.4. The fourth-order valence-electron chi connectivity index (χ4n) is 3.19. The third-order valence-corrected chi connectivity index (χ3v) is 7.74. The summed E-state index contributed by atoms with van der Waals surface area (Å²) in [6.07, 6.45) is 34.6. The minimum Gasteiger partial charge on any atom is -0.355 e. The molecule has 2 amide bonds. The van der Waals surface area contributed by atoms with Crippen molar-refractivity contribution in [3.63, 3.8) is 0 Å². The predicted octanol–water partition coefficient (Wildman–Crippen LogP) is 7.66. The Morgan fingerprint density at radius 2 is 1.29 bits per heavy atom. The van der Waals surface area contributed by atoms with Gasteiger partial charge in [0.2, 0.25) is 5.91 Å². The first-order chi connectivity index (χ1) is 20.2. The number of aromatic nitrogens is 1. The summed E-state index contributed by atoms with van der Waals surface area (Å²) >= 11 is 0. The molecule has 0 radical (unpaired) electrons. The molecule has 0 atom stereocenters. The van der Waals surface area contributed by atoms with Gasteiger partial charge in [0.05, 0.1) is 5.56 Å².